The predicted octanol–water partition coefficient (Wildman–Crippen LogP) is 2.24. The lowest BCUT2D eigenvalue weighted by molar-refractivity contribution is 0.0646. The average Bonchev–Trinajstić information content (AvgIpc) is 3.57. The van der Waals surface area contributed by atoms with Crippen LogP contribution in [0.4, 0.5) is 0 Å². The maximum absolute atomic E-state index is 13.5. The molecule has 1 amide bonds. The van der Waals surface area contributed by atoms with Gasteiger partial charge in [-0.25, -0.2) is 9.50 Å². The third-order valence-electron chi connectivity index (χ3n) is 5.84. The van der Waals surface area contributed by atoms with E-state index in [4.69, 9.17) is 9.52 Å². The van der Waals surface area contributed by atoms with Gasteiger partial charge in [-0.2, -0.15) is 10.2 Å². The van der Waals surface area contributed by atoms with Crippen molar-refractivity contribution in [3.05, 3.63) is 71.0 Å². The van der Waals surface area contributed by atoms with Gasteiger partial charge < -0.3 is 14.3 Å². The zero-order valence-corrected chi connectivity index (χ0v) is 17.4. The van der Waals surface area contributed by atoms with Gasteiger partial charge in [-0.15, -0.1) is 10.2 Å². The first kappa shape index (κ1) is 18.5. The summed E-state index contributed by atoms with van der Waals surface area (Å²) in [6.07, 6.45) is 5.91. The Bertz CT molecular complexity index is 1460. The van der Waals surface area contributed by atoms with Gasteiger partial charge >= 0.3 is 11.8 Å². The van der Waals surface area contributed by atoms with E-state index in [9.17, 15) is 4.79 Å². The van der Waals surface area contributed by atoms with Crippen LogP contribution < -0.4 is 0 Å². The quantitative estimate of drug-likeness (QED) is 0.449. The molecule has 0 bridgehead atoms. The SMILES string of the molecule is Cc1c[nH]nc1-c1nnc(C(=O)N2CCc3[nH]cnc3[C@H]2c2cc3c(C)cccn3n2)o1. The molecule has 6 rings (SSSR count). The molecule has 0 unspecified atom stereocenters. The molecule has 160 valence electrons. The second-order valence-corrected chi connectivity index (χ2v) is 7.84. The Hall–Kier alpha value is -4.28. The van der Waals surface area contributed by atoms with Crippen molar-refractivity contribution in [1.29, 1.82) is 0 Å². The number of rotatable bonds is 3. The topological polar surface area (TPSA) is 134 Å². The van der Waals surface area contributed by atoms with Gasteiger partial charge in [-0.3, -0.25) is 9.89 Å². The maximum Gasteiger partial charge on any atom is 0.312 e. The van der Waals surface area contributed by atoms with E-state index >= 15 is 0 Å². The smallest absolute Gasteiger partial charge is 0.312 e. The summed E-state index contributed by atoms with van der Waals surface area (Å²) in [4.78, 5) is 22.9. The molecule has 5 aromatic rings. The molecule has 0 aliphatic carbocycles. The number of aryl methyl sites for hydroxylation is 2. The average molecular weight is 429 g/mol. The van der Waals surface area contributed by atoms with Crippen LogP contribution in [0.5, 0.6) is 0 Å². The maximum atomic E-state index is 13.5. The number of hydrogen-bond acceptors (Lipinski definition) is 7. The third kappa shape index (κ3) is 2.74. The van der Waals surface area contributed by atoms with Crippen molar-refractivity contribution in [2.45, 2.75) is 26.3 Å². The molecule has 0 fully saturated rings. The molecule has 2 N–H and O–H groups in total. The Morgan fingerprint density at radius 1 is 1.25 bits per heavy atom. The minimum absolute atomic E-state index is 0.0914. The summed E-state index contributed by atoms with van der Waals surface area (Å²) >= 11 is 0. The molecule has 32 heavy (non-hydrogen) atoms. The van der Waals surface area contributed by atoms with E-state index < -0.39 is 6.04 Å². The molecular weight excluding hydrogens is 410 g/mol. The van der Waals surface area contributed by atoms with Crippen LogP contribution in [-0.2, 0) is 6.42 Å². The molecule has 6 heterocycles. The third-order valence-corrected chi connectivity index (χ3v) is 5.84. The molecule has 1 atom stereocenters. The highest BCUT2D eigenvalue weighted by Gasteiger charge is 2.38. The Morgan fingerprint density at radius 3 is 2.97 bits per heavy atom. The number of hydrogen-bond donors (Lipinski definition) is 2. The van der Waals surface area contributed by atoms with Gasteiger partial charge in [0.1, 0.15) is 6.04 Å². The summed E-state index contributed by atoms with van der Waals surface area (Å²) in [5.41, 5.74) is 5.94. The van der Waals surface area contributed by atoms with Crippen LogP contribution in [0.25, 0.3) is 17.1 Å². The minimum atomic E-state index is -0.473. The van der Waals surface area contributed by atoms with Crippen molar-refractivity contribution in [2.24, 2.45) is 0 Å². The lowest BCUT2D eigenvalue weighted by Gasteiger charge is -2.32. The number of carbonyl (C=O) groups is 1. The van der Waals surface area contributed by atoms with E-state index in [-0.39, 0.29) is 17.7 Å². The number of H-pyrrole nitrogens is 2. The number of fused-ring (bicyclic) bond motifs is 2. The highest BCUT2D eigenvalue weighted by molar-refractivity contribution is 5.90. The highest BCUT2D eigenvalue weighted by atomic mass is 16.4. The van der Waals surface area contributed by atoms with Gasteiger partial charge in [-0.1, -0.05) is 6.07 Å². The van der Waals surface area contributed by atoms with Crippen molar-refractivity contribution in [3.8, 4) is 11.6 Å². The molecule has 1 aliphatic rings. The molecule has 0 radical (unpaired) electrons. The van der Waals surface area contributed by atoms with Crippen molar-refractivity contribution >= 4 is 11.4 Å². The van der Waals surface area contributed by atoms with E-state index in [0.29, 0.717) is 18.7 Å². The van der Waals surface area contributed by atoms with E-state index in [1.54, 1.807) is 17.4 Å². The lowest BCUT2D eigenvalue weighted by Crippen LogP contribution is -2.41. The molecule has 11 nitrogen and oxygen atoms in total. The van der Waals surface area contributed by atoms with Crippen molar-refractivity contribution in [2.75, 3.05) is 6.54 Å². The number of nitrogens with zero attached hydrogens (tertiary/aromatic N) is 7. The fourth-order valence-electron chi connectivity index (χ4n) is 4.20. The van der Waals surface area contributed by atoms with E-state index in [1.165, 1.54) is 0 Å². The van der Waals surface area contributed by atoms with Crippen LogP contribution in [0.2, 0.25) is 0 Å². The van der Waals surface area contributed by atoms with Gasteiger partial charge in [0, 0.05) is 31.1 Å². The summed E-state index contributed by atoms with van der Waals surface area (Å²) < 4.78 is 7.52. The number of nitrogens with one attached hydrogen (secondary N) is 2. The fourth-order valence-corrected chi connectivity index (χ4v) is 4.20. The monoisotopic (exact) mass is 429 g/mol. The molecule has 1 aliphatic heterocycles. The van der Waals surface area contributed by atoms with E-state index in [1.807, 2.05) is 42.8 Å². The van der Waals surface area contributed by atoms with Gasteiger partial charge in [0.15, 0.2) is 5.69 Å². The summed E-state index contributed by atoms with van der Waals surface area (Å²) in [5.74, 6) is -0.264. The number of carbonyl (C=O) groups excluding carboxylic acids is 1. The number of imidazole rings is 1. The number of aromatic nitrogens is 8. The highest BCUT2D eigenvalue weighted by Crippen LogP contribution is 2.34. The van der Waals surface area contributed by atoms with Crippen LogP contribution in [0, 0.1) is 13.8 Å². The Balaban J connectivity index is 1.42. The van der Waals surface area contributed by atoms with Gasteiger partial charge in [0.05, 0.1) is 23.2 Å². The number of pyridine rings is 1. The van der Waals surface area contributed by atoms with Crippen molar-refractivity contribution in [1.82, 2.24) is 44.9 Å². The first-order valence-corrected chi connectivity index (χ1v) is 10.2. The molecule has 5 aromatic heterocycles. The Kier molecular flexibility index (Phi) is 3.97. The summed E-state index contributed by atoms with van der Waals surface area (Å²) in [7, 11) is 0. The molecule has 0 aromatic carbocycles. The largest absolute Gasteiger partial charge is 0.411 e. The predicted molar refractivity (Wildman–Crippen MR) is 112 cm³/mol. The minimum Gasteiger partial charge on any atom is -0.411 e. The number of amides is 1. The second-order valence-electron chi connectivity index (χ2n) is 7.84. The molecule has 0 saturated heterocycles. The Labute approximate surface area is 181 Å². The summed E-state index contributed by atoms with van der Waals surface area (Å²) in [5, 5.41) is 19.6. The molecular formula is C21H19N9O2. The van der Waals surface area contributed by atoms with Crippen LogP contribution in [-0.4, -0.2) is 57.3 Å². The molecule has 0 saturated carbocycles. The molecule has 0 spiro atoms. The zero-order valence-electron chi connectivity index (χ0n) is 17.4. The van der Waals surface area contributed by atoms with Crippen LogP contribution >= 0.6 is 0 Å². The van der Waals surface area contributed by atoms with Crippen LogP contribution in [0.3, 0.4) is 0 Å². The van der Waals surface area contributed by atoms with Crippen LogP contribution in [0.15, 0.2) is 41.3 Å². The van der Waals surface area contributed by atoms with Gasteiger partial charge in [0.25, 0.3) is 5.89 Å². The van der Waals surface area contributed by atoms with E-state index in [2.05, 4.69) is 30.4 Å². The normalized spacial score (nSPS) is 15.9. The number of aromatic amines is 2. The van der Waals surface area contributed by atoms with E-state index in [0.717, 1.165) is 33.7 Å². The van der Waals surface area contributed by atoms with Crippen molar-refractivity contribution in [3.63, 3.8) is 0 Å². The molecule has 11 heteroatoms. The first-order chi connectivity index (χ1) is 15.6. The summed E-state index contributed by atoms with van der Waals surface area (Å²) in [6.45, 7) is 4.36. The van der Waals surface area contributed by atoms with Gasteiger partial charge in [0.2, 0.25) is 0 Å². The van der Waals surface area contributed by atoms with Crippen LogP contribution in [0.1, 0.15) is 44.9 Å². The lowest BCUT2D eigenvalue weighted by atomic mass is 9.99. The first-order valence-electron chi connectivity index (χ1n) is 10.2. The van der Waals surface area contributed by atoms with Crippen molar-refractivity contribution < 1.29 is 9.21 Å². The summed E-state index contributed by atoms with van der Waals surface area (Å²) in [6, 6.07) is 5.50. The fraction of sp³-hybridized carbons (Fsp3) is 0.238. The van der Waals surface area contributed by atoms with Gasteiger partial charge in [-0.05, 0) is 37.1 Å². The standard InChI is InChI=1S/C21H19N9O2/c1-11-4-3-6-30-15(11)8-14(28-30)18-17-13(22-10-23-17)5-7-29(18)21(31)20-27-26-19(32-20)16-12(2)9-24-25-16/h3-4,6,8-10,18H,5,7H2,1-2H3,(H,22,23)(H,24,25)/t18-/m1/s1. The Morgan fingerprint density at radius 2 is 2.16 bits per heavy atom. The second kappa shape index (κ2) is 6.87. The zero-order chi connectivity index (χ0) is 21.8.